The van der Waals surface area contributed by atoms with Gasteiger partial charge in [-0.05, 0) is 72.2 Å². The highest BCUT2D eigenvalue weighted by molar-refractivity contribution is 7.12. The molecular weight excluding hydrogens is 452 g/mol. The molecule has 3 rings (SSSR count). The molecule has 0 unspecified atom stereocenters. The molecule has 1 N–H and O–H groups in total. The maximum absolute atomic E-state index is 12.2. The number of benzene rings is 2. The number of carbonyl (C=O) groups excluding carboxylic acids is 2. The number of carbonyl (C=O) groups is 2. The first kappa shape index (κ1) is 25.0. The maximum atomic E-state index is 12.2. The quantitative estimate of drug-likeness (QED) is 0.172. The van der Waals surface area contributed by atoms with Crippen LogP contribution in [0.15, 0.2) is 65.1 Å². The van der Waals surface area contributed by atoms with Crippen molar-refractivity contribution in [3.63, 3.8) is 0 Å². The molecule has 0 aliphatic heterocycles. The van der Waals surface area contributed by atoms with Crippen LogP contribution in [0.25, 0.3) is 0 Å². The highest BCUT2D eigenvalue weighted by Crippen LogP contribution is 2.29. The van der Waals surface area contributed by atoms with Gasteiger partial charge in [0.1, 0.15) is 10.6 Å². The van der Waals surface area contributed by atoms with Crippen molar-refractivity contribution in [3.8, 4) is 17.2 Å². The van der Waals surface area contributed by atoms with Gasteiger partial charge in [0.25, 0.3) is 5.91 Å². The van der Waals surface area contributed by atoms with Crippen molar-refractivity contribution in [2.24, 2.45) is 5.10 Å². The third kappa shape index (κ3) is 7.18. The Balaban J connectivity index is 1.53. The summed E-state index contributed by atoms with van der Waals surface area (Å²) in [6.45, 7) is 6.40. The second kappa shape index (κ2) is 12.6. The molecule has 0 aliphatic carbocycles. The van der Waals surface area contributed by atoms with Crippen LogP contribution >= 0.6 is 11.3 Å². The van der Waals surface area contributed by atoms with E-state index in [9.17, 15) is 9.59 Å². The van der Waals surface area contributed by atoms with E-state index in [0.717, 1.165) is 6.42 Å². The molecule has 1 heterocycles. The van der Waals surface area contributed by atoms with Gasteiger partial charge in [0.05, 0.1) is 12.8 Å². The van der Waals surface area contributed by atoms with Crippen molar-refractivity contribution < 1.29 is 23.8 Å². The molecule has 0 bridgehead atoms. The lowest BCUT2D eigenvalue weighted by molar-refractivity contribution is -0.123. The number of rotatable bonds is 11. The SMILES string of the molecule is CCOc1cc(/C=N/NC(=O)COc2ccc([C@H](C)CC)cc2)ccc1OC(=O)c1cccs1. The van der Waals surface area contributed by atoms with Gasteiger partial charge in [0.15, 0.2) is 18.1 Å². The van der Waals surface area contributed by atoms with Crippen molar-refractivity contribution in [1.82, 2.24) is 5.43 Å². The molecule has 0 fully saturated rings. The van der Waals surface area contributed by atoms with Crippen LogP contribution in [0.1, 0.15) is 53.9 Å². The number of hydrogen-bond donors (Lipinski definition) is 1. The van der Waals surface area contributed by atoms with Crippen LogP contribution in [-0.4, -0.2) is 31.3 Å². The van der Waals surface area contributed by atoms with Crippen LogP contribution < -0.4 is 19.6 Å². The zero-order chi connectivity index (χ0) is 24.3. The summed E-state index contributed by atoms with van der Waals surface area (Å²) >= 11 is 1.30. The standard InChI is InChI=1S/C26H28N2O5S/c1-4-18(3)20-9-11-21(12-10-20)32-17-25(29)28-27-16-19-8-13-22(23(15-19)31-5-2)33-26(30)24-7-6-14-34-24/h6-16,18H,4-5,17H2,1-3H3,(H,28,29)/b27-16+/t18-/m1/s1. The smallest absolute Gasteiger partial charge is 0.353 e. The van der Waals surface area contributed by atoms with Gasteiger partial charge < -0.3 is 14.2 Å². The van der Waals surface area contributed by atoms with Crippen molar-refractivity contribution in [1.29, 1.82) is 0 Å². The van der Waals surface area contributed by atoms with E-state index in [1.807, 2.05) is 36.6 Å². The molecule has 178 valence electrons. The van der Waals surface area contributed by atoms with E-state index < -0.39 is 5.97 Å². The average Bonchev–Trinajstić information content (AvgIpc) is 3.39. The summed E-state index contributed by atoms with van der Waals surface area (Å²) in [5, 5.41) is 5.78. The van der Waals surface area contributed by atoms with E-state index in [1.54, 1.807) is 30.3 Å². The van der Waals surface area contributed by atoms with Crippen molar-refractivity contribution in [2.75, 3.05) is 13.2 Å². The van der Waals surface area contributed by atoms with E-state index >= 15 is 0 Å². The van der Waals surface area contributed by atoms with Crippen LogP contribution in [-0.2, 0) is 4.79 Å². The molecule has 1 aromatic heterocycles. The second-order valence-corrected chi connectivity index (χ2v) is 8.41. The first-order valence-electron chi connectivity index (χ1n) is 11.1. The van der Waals surface area contributed by atoms with Gasteiger partial charge in [-0.3, -0.25) is 4.79 Å². The van der Waals surface area contributed by atoms with Gasteiger partial charge >= 0.3 is 5.97 Å². The fourth-order valence-electron chi connectivity index (χ4n) is 2.99. The topological polar surface area (TPSA) is 86.2 Å². The number of esters is 1. The Hall–Kier alpha value is -3.65. The first-order valence-corrected chi connectivity index (χ1v) is 11.9. The second-order valence-electron chi connectivity index (χ2n) is 7.47. The summed E-state index contributed by atoms with van der Waals surface area (Å²) in [7, 11) is 0. The fourth-order valence-corrected chi connectivity index (χ4v) is 3.59. The third-order valence-corrected chi connectivity index (χ3v) is 5.88. The number of nitrogens with one attached hydrogen (secondary N) is 1. The van der Waals surface area contributed by atoms with Crippen LogP contribution in [0.5, 0.6) is 17.2 Å². The molecule has 8 heteroatoms. The summed E-state index contributed by atoms with van der Waals surface area (Å²) in [5.41, 5.74) is 4.34. The molecule has 0 saturated carbocycles. The minimum atomic E-state index is -0.445. The predicted octanol–water partition coefficient (Wildman–Crippen LogP) is 5.41. The number of hydrogen-bond acceptors (Lipinski definition) is 7. The molecule has 0 radical (unpaired) electrons. The Labute approximate surface area is 203 Å². The van der Waals surface area contributed by atoms with Crippen molar-refractivity contribution >= 4 is 29.4 Å². The highest BCUT2D eigenvalue weighted by Gasteiger charge is 2.14. The van der Waals surface area contributed by atoms with Gasteiger partial charge in [-0.2, -0.15) is 5.10 Å². The number of hydrazone groups is 1. The summed E-state index contributed by atoms with van der Waals surface area (Å²) in [5.74, 6) is 1.01. The van der Waals surface area contributed by atoms with E-state index in [2.05, 4.69) is 24.4 Å². The van der Waals surface area contributed by atoms with Gasteiger partial charge in [0, 0.05) is 0 Å². The maximum Gasteiger partial charge on any atom is 0.353 e. The van der Waals surface area contributed by atoms with Crippen LogP contribution in [0.3, 0.4) is 0 Å². The van der Waals surface area contributed by atoms with E-state index in [4.69, 9.17) is 14.2 Å². The Morgan fingerprint density at radius 1 is 1.06 bits per heavy atom. The molecule has 3 aromatic rings. The number of thiophene rings is 1. The lowest BCUT2D eigenvalue weighted by atomic mass is 9.99. The zero-order valence-corrected chi connectivity index (χ0v) is 20.3. The number of amides is 1. The molecular formula is C26H28N2O5S. The summed E-state index contributed by atoms with van der Waals surface area (Å²) < 4.78 is 16.6. The first-order chi connectivity index (χ1) is 16.5. The van der Waals surface area contributed by atoms with Crippen LogP contribution in [0.2, 0.25) is 0 Å². The van der Waals surface area contributed by atoms with Crippen LogP contribution in [0, 0.1) is 0 Å². The normalized spacial score (nSPS) is 11.7. The fraction of sp³-hybridized carbons (Fsp3) is 0.269. The van der Waals surface area contributed by atoms with Gasteiger partial charge in [-0.15, -0.1) is 11.3 Å². The molecule has 0 spiro atoms. The molecule has 34 heavy (non-hydrogen) atoms. The van der Waals surface area contributed by atoms with Gasteiger partial charge in [-0.25, -0.2) is 10.2 Å². The summed E-state index contributed by atoms with van der Waals surface area (Å²) in [6.07, 6.45) is 2.54. The van der Waals surface area contributed by atoms with E-state index in [0.29, 0.717) is 40.2 Å². The van der Waals surface area contributed by atoms with E-state index in [1.165, 1.54) is 23.1 Å². The number of nitrogens with zero attached hydrogens (tertiary/aromatic N) is 1. The largest absolute Gasteiger partial charge is 0.490 e. The zero-order valence-electron chi connectivity index (χ0n) is 19.4. The molecule has 0 saturated heterocycles. The van der Waals surface area contributed by atoms with Gasteiger partial charge in [-0.1, -0.05) is 32.0 Å². The van der Waals surface area contributed by atoms with Crippen molar-refractivity contribution in [3.05, 3.63) is 76.0 Å². The lowest BCUT2D eigenvalue weighted by Crippen LogP contribution is -2.24. The molecule has 1 amide bonds. The third-order valence-electron chi connectivity index (χ3n) is 5.03. The van der Waals surface area contributed by atoms with Gasteiger partial charge in [0.2, 0.25) is 0 Å². The monoisotopic (exact) mass is 480 g/mol. The highest BCUT2D eigenvalue weighted by atomic mass is 32.1. The Morgan fingerprint density at radius 3 is 2.53 bits per heavy atom. The summed E-state index contributed by atoms with van der Waals surface area (Å²) in [4.78, 5) is 24.8. The average molecular weight is 481 g/mol. The van der Waals surface area contributed by atoms with Crippen molar-refractivity contribution in [2.45, 2.75) is 33.1 Å². The predicted molar refractivity (Wildman–Crippen MR) is 133 cm³/mol. The summed E-state index contributed by atoms with van der Waals surface area (Å²) in [6, 6.07) is 16.3. The van der Waals surface area contributed by atoms with Crippen LogP contribution in [0.4, 0.5) is 0 Å². The van der Waals surface area contributed by atoms with E-state index in [-0.39, 0.29) is 12.5 Å². The molecule has 7 nitrogen and oxygen atoms in total. The minimum absolute atomic E-state index is 0.151. The Bertz CT molecular complexity index is 1110. The Kier molecular flexibility index (Phi) is 9.22. The minimum Gasteiger partial charge on any atom is -0.490 e. The lowest BCUT2D eigenvalue weighted by Gasteiger charge is -2.11. The number of ether oxygens (including phenoxy) is 3. The molecule has 2 aromatic carbocycles. The molecule has 1 atom stereocenters. The molecule has 0 aliphatic rings. The Morgan fingerprint density at radius 2 is 1.85 bits per heavy atom.